The van der Waals surface area contributed by atoms with Crippen LogP contribution in [0.5, 0.6) is 5.75 Å². The van der Waals surface area contributed by atoms with Gasteiger partial charge in [0, 0.05) is 12.3 Å². The largest absolute Gasteiger partial charge is 0.496 e. The van der Waals surface area contributed by atoms with Crippen molar-refractivity contribution in [2.24, 2.45) is 0 Å². The highest BCUT2D eigenvalue weighted by Crippen LogP contribution is 2.24. The molecule has 2 rings (SSSR count). The van der Waals surface area contributed by atoms with Crippen LogP contribution in [-0.2, 0) is 10.0 Å². The second kappa shape index (κ2) is 5.21. The number of nitrogens with one attached hydrogen (secondary N) is 2. The van der Waals surface area contributed by atoms with Gasteiger partial charge < -0.3 is 9.84 Å². The Morgan fingerprint density at radius 1 is 1.45 bits per heavy atom. The highest BCUT2D eigenvalue weighted by Gasteiger charge is 2.17. The first kappa shape index (κ1) is 13.9. The quantitative estimate of drug-likeness (QED) is 0.754. The summed E-state index contributed by atoms with van der Waals surface area (Å²) < 4.78 is 31.1. The zero-order chi connectivity index (χ0) is 14.8. The molecule has 9 heteroatoms. The van der Waals surface area contributed by atoms with Crippen LogP contribution in [0.3, 0.4) is 0 Å². The van der Waals surface area contributed by atoms with E-state index in [0.29, 0.717) is 0 Å². The van der Waals surface area contributed by atoms with Crippen LogP contribution in [0.15, 0.2) is 35.5 Å². The average molecular weight is 297 g/mol. The first-order valence-electron chi connectivity index (χ1n) is 5.37. The summed E-state index contributed by atoms with van der Waals surface area (Å²) in [5.41, 5.74) is 0.131. The summed E-state index contributed by atoms with van der Waals surface area (Å²) in [6.07, 6.45) is 2.39. The Hall–Kier alpha value is -2.55. The number of hydrogen-bond donors (Lipinski definition) is 3. The molecule has 0 aliphatic carbocycles. The highest BCUT2D eigenvalue weighted by atomic mass is 32.2. The molecular weight excluding hydrogens is 286 g/mol. The van der Waals surface area contributed by atoms with Gasteiger partial charge in [-0.2, -0.15) is 5.10 Å². The summed E-state index contributed by atoms with van der Waals surface area (Å²) in [6.45, 7) is 0. The molecule has 0 fully saturated rings. The van der Waals surface area contributed by atoms with Gasteiger partial charge in [-0.3, -0.25) is 9.82 Å². The number of rotatable bonds is 5. The van der Waals surface area contributed by atoms with E-state index in [2.05, 4.69) is 14.9 Å². The zero-order valence-electron chi connectivity index (χ0n) is 10.3. The molecule has 1 heterocycles. The molecule has 2 aromatic rings. The number of hydrogen-bond acceptors (Lipinski definition) is 5. The van der Waals surface area contributed by atoms with Crippen LogP contribution in [0.2, 0.25) is 0 Å². The van der Waals surface area contributed by atoms with E-state index in [4.69, 9.17) is 9.84 Å². The molecule has 0 atom stereocenters. The number of benzene rings is 1. The highest BCUT2D eigenvalue weighted by molar-refractivity contribution is 7.92. The average Bonchev–Trinajstić information content (AvgIpc) is 2.92. The van der Waals surface area contributed by atoms with Crippen LogP contribution in [0.1, 0.15) is 10.4 Å². The number of nitrogens with zero attached hydrogens (tertiary/aromatic N) is 1. The minimum atomic E-state index is -3.77. The molecule has 0 unspecified atom stereocenters. The summed E-state index contributed by atoms with van der Waals surface area (Å²) in [4.78, 5) is 10.9. The number of carboxylic acids is 1. The van der Waals surface area contributed by atoms with Gasteiger partial charge in [-0.1, -0.05) is 0 Å². The van der Waals surface area contributed by atoms with Crippen molar-refractivity contribution < 1.29 is 23.1 Å². The number of aromatic amines is 1. The smallest absolute Gasteiger partial charge is 0.339 e. The molecule has 8 nitrogen and oxygen atoms in total. The molecule has 20 heavy (non-hydrogen) atoms. The molecule has 0 saturated carbocycles. The Kier molecular flexibility index (Phi) is 3.61. The van der Waals surface area contributed by atoms with Crippen LogP contribution < -0.4 is 9.46 Å². The van der Waals surface area contributed by atoms with E-state index in [9.17, 15) is 13.2 Å². The summed E-state index contributed by atoms with van der Waals surface area (Å²) >= 11 is 0. The number of anilines is 1. The molecule has 0 amide bonds. The van der Waals surface area contributed by atoms with Crippen molar-refractivity contribution in [1.82, 2.24) is 10.2 Å². The summed E-state index contributed by atoms with van der Waals surface area (Å²) in [5.74, 6) is -1.10. The minimum absolute atomic E-state index is 0.0289. The van der Waals surface area contributed by atoms with Crippen molar-refractivity contribution in [3.63, 3.8) is 0 Å². The van der Waals surface area contributed by atoms with Gasteiger partial charge in [-0.15, -0.1) is 0 Å². The predicted molar refractivity (Wildman–Crippen MR) is 69.3 cm³/mol. The van der Waals surface area contributed by atoms with Gasteiger partial charge in [0.15, 0.2) is 0 Å². The predicted octanol–water partition coefficient (Wildman–Crippen LogP) is 0.917. The second-order valence-corrected chi connectivity index (χ2v) is 5.44. The summed E-state index contributed by atoms with van der Waals surface area (Å²) in [5, 5.41) is 14.9. The van der Waals surface area contributed by atoms with Gasteiger partial charge in [-0.25, -0.2) is 13.2 Å². The zero-order valence-corrected chi connectivity index (χ0v) is 11.1. The minimum Gasteiger partial charge on any atom is -0.496 e. The number of methoxy groups -OCH3 is 1. The number of sulfonamides is 1. The van der Waals surface area contributed by atoms with Crippen LogP contribution in [0, 0.1) is 0 Å². The normalized spacial score (nSPS) is 11.1. The lowest BCUT2D eigenvalue weighted by Gasteiger charge is -2.09. The number of ether oxygens (including phenoxy) is 1. The lowest BCUT2D eigenvalue weighted by atomic mass is 10.2. The number of carboxylic acid groups (broad SMARTS) is 1. The van der Waals surface area contributed by atoms with Crippen LogP contribution in [0.4, 0.5) is 5.69 Å². The maximum absolute atomic E-state index is 12.0. The first-order valence-corrected chi connectivity index (χ1v) is 6.85. The monoisotopic (exact) mass is 297 g/mol. The summed E-state index contributed by atoms with van der Waals surface area (Å²) in [7, 11) is -2.47. The molecule has 106 valence electrons. The maximum Gasteiger partial charge on any atom is 0.339 e. The van der Waals surface area contributed by atoms with Crippen molar-refractivity contribution in [3.05, 3.63) is 36.2 Å². The fraction of sp³-hybridized carbons (Fsp3) is 0.0909. The first-order chi connectivity index (χ1) is 9.44. The van der Waals surface area contributed by atoms with E-state index in [1.54, 1.807) is 0 Å². The summed E-state index contributed by atoms with van der Waals surface area (Å²) in [6, 6.07) is 3.89. The Labute approximate surface area is 114 Å². The molecule has 1 aromatic carbocycles. The fourth-order valence-electron chi connectivity index (χ4n) is 1.53. The van der Waals surface area contributed by atoms with E-state index in [1.165, 1.54) is 31.5 Å². The Bertz CT molecular complexity index is 725. The molecule has 0 aliphatic rings. The van der Waals surface area contributed by atoms with Gasteiger partial charge in [0.1, 0.15) is 16.2 Å². The molecule has 0 radical (unpaired) electrons. The molecule has 0 bridgehead atoms. The van der Waals surface area contributed by atoms with Gasteiger partial charge >= 0.3 is 5.97 Å². The van der Waals surface area contributed by atoms with Crippen LogP contribution in [-0.4, -0.2) is 36.8 Å². The van der Waals surface area contributed by atoms with Crippen LogP contribution >= 0.6 is 0 Å². The Balaban J connectivity index is 2.34. The third kappa shape index (κ3) is 2.72. The van der Waals surface area contributed by atoms with Crippen molar-refractivity contribution >= 4 is 21.7 Å². The third-order valence-electron chi connectivity index (χ3n) is 2.47. The van der Waals surface area contributed by atoms with E-state index in [-0.39, 0.29) is 21.9 Å². The van der Waals surface area contributed by atoms with Crippen LogP contribution in [0.25, 0.3) is 0 Å². The molecule has 1 aromatic heterocycles. The topological polar surface area (TPSA) is 121 Å². The molecule has 0 saturated heterocycles. The number of H-pyrrole nitrogens is 1. The van der Waals surface area contributed by atoms with E-state index in [0.717, 1.165) is 6.20 Å². The van der Waals surface area contributed by atoms with E-state index < -0.39 is 16.0 Å². The van der Waals surface area contributed by atoms with Gasteiger partial charge in [0.05, 0.1) is 19.0 Å². The lowest BCUT2D eigenvalue weighted by Crippen LogP contribution is -2.12. The Morgan fingerprint density at radius 3 is 2.75 bits per heavy atom. The molecule has 0 spiro atoms. The van der Waals surface area contributed by atoms with Crippen molar-refractivity contribution in [2.45, 2.75) is 4.90 Å². The Morgan fingerprint density at radius 2 is 2.20 bits per heavy atom. The SMILES string of the molecule is COc1cc(NS(=O)(=O)c2cn[nH]c2)ccc1C(=O)O. The van der Waals surface area contributed by atoms with Crippen molar-refractivity contribution in [2.75, 3.05) is 11.8 Å². The number of aromatic nitrogens is 2. The second-order valence-electron chi connectivity index (χ2n) is 3.76. The van der Waals surface area contributed by atoms with E-state index >= 15 is 0 Å². The standard InChI is InChI=1S/C11H11N3O5S/c1-19-10-4-7(2-3-9(10)11(15)16)14-20(17,18)8-5-12-13-6-8/h2-6,14H,1H3,(H,12,13)(H,15,16). The van der Waals surface area contributed by atoms with Gasteiger partial charge in [0.2, 0.25) is 0 Å². The van der Waals surface area contributed by atoms with Crippen molar-refractivity contribution in [1.29, 1.82) is 0 Å². The van der Waals surface area contributed by atoms with E-state index in [1.807, 2.05) is 0 Å². The molecule has 3 N–H and O–H groups in total. The number of aromatic carboxylic acids is 1. The molecular formula is C11H11N3O5S. The number of carbonyl (C=O) groups is 1. The fourth-order valence-corrected chi connectivity index (χ4v) is 2.49. The molecule has 0 aliphatic heterocycles. The van der Waals surface area contributed by atoms with Crippen molar-refractivity contribution in [3.8, 4) is 5.75 Å². The lowest BCUT2D eigenvalue weighted by molar-refractivity contribution is 0.0693. The van der Waals surface area contributed by atoms with Gasteiger partial charge in [0.25, 0.3) is 10.0 Å². The third-order valence-corrected chi connectivity index (χ3v) is 3.82. The maximum atomic E-state index is 12.0. The van der Waals surface area contributed by atoms with Gasteiger partial charge in [-0.05, 0) is 12.1 Å².